The zero-order valence-corrected chi connectivity index (χ0v) is 38.2. The molecule has 2 unspecified atom stereocenters. The number of carboxylic acids is 1. The molecule has 8 heteroatoms. The molecule has 0 heterocycles. The minimum Gasteiger partial charge on any atom is -0.544 e. The van der Waals surface area contributed by atoms with Crippen LogP contribution in [-0.2, 0) is 28.6 Å². The number of ether oxygens (including phenoxy) is 3. The number of likely N-dealkylation sites (N-methyl/N-ethyl adjacent to an activating group) is 1. The zero-order valence-electron chi connectivity index (χ0n) is 38.2. The zero-order chi connectivity index (χ0) is 42.8. The van der Waals surface area contributed by atoms with E-state index in [1.54, 1.807) is 21.1 Å². The summed E-state index contributed by atoms with van der Waals surface area (Å²) in [6.45, 7) is 4.52. The van der Waals surface area contributed by atoms with E-state index in [9.17, 15) is 19.5 Å². The van der Waals surface area contributed by atoms with Gasteiger partial charge in [0.15, 0.2) is 6.10 Å². The smallest absolute Gasteiger partial charge is 0.306 e. The molecule has 8 nitrogen and oxygen atoms in total. The van der Waals surface area contributed by atoms with Gasteiger partial charge >= 0.3 is 11.9 Å². The van der Waals surface area contributed by atoms with Gasteiger partial charge in [0.1, 0.15) is 12.6 Å². The van der Waals surface area contributed by atoms with E-state index in [1.165, 1.54) is 103 Å². The van der Waals surface area contributed by atoms with Crippen molar-refractivity contribution in [1.82, 2.24) is 0 Å². The Kier molecular flexibility index (Phi) is 39.1. The maximum atomic E-state index is 12.7. The maximum absolute atomic E-state index is 12.7. The lowest BCUT2D eigenvalue weighted by molar-refractivity contribution is -0.889. The molecule has 0 radical (unpaired) electrons. The molecule has 0 bridgehead atoms. The molecule has 0 N–H and O–H groups in total. The monoisotopic (exact) mass is 816 g/mol. The van der Waals surface area contributed by atoms with Crippen molar-refractivity contribution in [3.8, 4) is 0 Å². The molecule has 0 aromatic rings. The number of hydrogen-bond donors (Lipinski definition) is 0. The lowest BCUT2D eigenvalue weighted by atomic mass is 10.1. The molecule has 0 aliphatic rings. The number of hydrogen-bond acceptors (Lipinski definition) is 7. The van der Waals surface area contributed by atoms with Crippen molar-refractivity contribution >= 4 is 17.9 Å². The number of unbranched alkanes of at least 4 members (excludes halogenated alkanes) is 20. The Labute approximate surface area is 356 Å². The number of carbonyl (C=O) groups excluding carboxylic acids is 3. The van der Waals surface area contributed by atoms with Crippen molar-refractivity contribution in [2.45, 2.75) is 212 Å². The van der Waals surface area contributed by atoms with Crippen LogP contribution < -0.4 is 5.11 Å². The van der Waals surface area contributed by atoms with E-state index in [1.807, 2.05) is 0 Å². The first-order chi connectivity index (χ1) is 28.1. The van der Waals surface area contributed by atoms with Crippen LogP contribution in [0.4, 0.5) is 0 Å². The quantitative estimate of drug-likeness (QED) is 0.0262. The predicted molar refractivity (Wildman–Crippen MR) is 240 cm³/mol. The molecule has 2 atom stereocenters. The van der Waals surface area contributed by atoms with Gasteiger partial charge in [0.2, 0.25) is 0 Å². The van der Waals surface area contributed by atoms with E-state index >= 15 is 0 Å². The van der Waals surface area contributed by atoms with Crippen molar-refractivity contribution in [2.75, 3.05) is 41.0 Å². The largest absolute Gasteiger partial charge is 0.544 e. The van der Waals surface area contributed by atoms with Crippen molar-refractivity contribution in [3.63, 3.8) is 0 Å². The van der Waals surface area contributed by atoms with Crippen molar-refractivity contribution in [1.29, 1.82) is 0 Å². The van der Waals surface area contributed by atoms with Crippen LogP contribution in [0, 0.1) is 0 Å². The SMILES string of the molecule is CC/C=C\C/C=C\C/C=C\CCCCCC(=O)OC(COCCC(C(=O)[O-])[N+](C)(C)C)COC(=O)CCCCCCCCCCC/C=C\CCCCCCCCCC. The number of rotatable bonds is 42. The number of esters is 2. The summed E-state index contributed by atoms with van der Waals surface area (Å²) in [7, 11) is 5.40. The lowest BCUT2D eigenvalue weighted by Crippen LogP contribution is -2.55. The third kappa shape index (κ3) is 38.8. The second-order valence-corrected chi connectivity index (χ2v) is 17.0. The molecule has 0 fully saturated rings. The number of aliphatic carboxylic acids is 1. The molecule has 0 aromatic heterocycles. The van der Waals surface area contributed by atoms with Crippen LogP contribution in [0.2, 0.25) is 0 Å². The lowest BCUT2D eigenvalue weighted by Gasteiger charge is -2.34. The van der Waals surface area contributed by atoms with Crippen LogP contribution in [0.15, 0.2) is 48.6 Å². The summed E-state index contributed by atoms with van der Waals surface area (Å²) in [5, 5.41) is 11.6. The van der Waals surface area contributed by atoms with Crippen molar-refractivity contribution in [3.05, 3.63) is 48.6 Å². The van der Waals surface area contributed by atoms with Crippen LogP contribution >= 0.6 is 0 Å². The molecular weight excluding hydrogens is 727 g/mol. The topological polar surface area (TPSA) is 102 Å². The first-order valence-corrected chi connectivity index (χ1v) is 23.7. The van der Waals surface area contributed by atoms with Gasteiger partial charge in [-0.3, -0.25) is 9.59 Å². The maximum Gasteiger partial charge on any atom is 0.306 e. The fourth-order valence-electron chi connectivity index (χ4n) is 6.79. The minimum atomic E-state index is -1.13. The third-order valence-corrected chi connectivity index (χ3v) is 10.4. The Balaban J connectivity index is 4.26. The molecule has 0 saturated carbocycles. The van der Waals surface area contributed by atoms with E-state index in [-0.39, 0.29) is 49.1 Å². The van der Waals surface area contributed by atoms with Gasteiger partial charge in [-0.05, 0) is 70.6 Å². The van der Waals surface area contributed by atoms with Crippen LogP contribution in [0.1, 0.15) is 200 Å². The van der Waals surface area contributed by atoms with E-state index in [0.29, 0.717) is 6.42 Å². The van der Waals surface area contributed by atoms with Gasteiger partial charge in [0, 0.05) is 19.3 Å². The Bertz CT molecular complexity index is 1090. The predicted octanol–water partition coefficient (Wildman–Crippen LogP) is 11.9. The van der Waals surface area contributed by atoms with Gasteiger partial charge in [0.25, 0.3) is 0 Å². The van der Waals surface area contributed by atoms with E-state index in [4.69, 9.17) is 14.2 Å². The standard InChI is InChI=1S/C50H89NO7/c1-6-8-10-12-14-16-18-20-21-22-23-24-25-26-27-29-30-32-34-36-38-40-48(52)57-45-46(44-56-43-42-47(50(54)55)51(3,4)5)58-49(53)41-39-37-35-33-31-28-19-17-15-13-11-9-7-2/h9,11,15,17,22-23,28,31,46-47H,6-8,10,12-14,16,18-21,24-27,29-30,32-45H2,1-5H3/b11-9-,17-15-,23-22-,31-28-. The van der Waals surface area contributed by atoms with E-state index in [0.717, 1.165) is 64.2 Å². The van der Waals surface area contributed by atoms with Crippen LogP contribution in [0.25, 0.3) is 0 Å². The Hall–Kier alpha value is -2.71. The number of carboxylic acid groups (broad SMARTS) is 1. The highest BCUT2D eigenvalue weighted by Gasteiger charge is 2.25. The molecule has 0 saturated heterocycles. The molecule has 0 aliphatic carbocycles. The van der Waals surface area contributed by atoms with Gasteiger partial charge < -0.3 is 28.6 Å². The molecule has 0 aliphatic heterocycles. The fraction of sp³-hybridized carbons (Fsp3) is 0.780. The summed E-state index contributed by atoms with van der Waals surface area (Å²) >= 11 is 0. The molecule has 0 spiro atoms. The molecule has 336 valence electrons. The first-order valence-electron chi connectivity index (χ1n) is 23.7. The van der Waals surface area contributed by atoms with E-state index in [2.05, 4.69) is 62.5 Å². The van der Waals surface area contributed by atoms with Gasteiger partial charge in [0.05, 0.1) is 40.3 Å². The normalized spacial score (nSPS) is 13.3. The van der Waals surface area contributed by atoms with Gasteiger partial charge in [-0.15, -0.1) is 0 Å². The summed E-state index contributed by atoms with van der Waals surface area (Å²) in [6.07, 6.45) is 48.6. The molecular formula is C50H89NO7. The second-order valence-electron chi connectivity index (χ2n) is 17.0. The van der Waals surface area contributed by atoms with Gasteiger partial charge in [-0.25, -0.2) is 0 Å². The highest BCUT2D eigenvalue weighted by molar-refractivity contribution is 5.70. The first kappa shape index (κ1) is 55.3. The van der Waals surface area contributed by atoms with Crippen LogP contribution in [0.3, 0.4) is 0 Å². The van der Waals surface area contributed by atoms with Crippen molar-refractivity contribution in [2.24, 2.45) is 0 Å². The summed E-state index contributed by atoms with van der Waals surface area (Å²) in [5.74, 6) is -1.77. The van der Waals surface area contributed by atoms with Crippen LogP contribution in [0.5, 0.6) is 0 Å². The van der Waals surface area contributed by atoms with Gasteiger partial charge in [-0.1, -0.05) is 159 Å². The summed E-state index contributed by atoms with van der Waals surface area (Å²) in [4.78, 5) is 36.9. The summed E-state index contributed by atoms with van der Waals surface area (Å²) < 4.78 is 17.2. The van der Waals surface area contributed by atoms with Crippen LogP contribution in [-0.4, -0.2) is 75.5 Å². The average Bonchev–Trinajstić information content (AvgIpc) is 3.18. The fourth-order valence-corrected chi connectivity index (χ4v) is 6.79. The number of nitrogens with zero attached hydrogens (tertiary/aromatic N) is 1. The van der Waals surface area contributed by atoms with Crippen molar-refractivity contribution < 1.29 is 38.2 Å². The summed E-state index contributed by atoms with van der Waals surface area (Å²) in [5.41, 5.74) is 0. The van der Waals surface area contributed by atoms with E-state index < -0.39 is 18.1 Å². The number of carbonyl (C=O) groups is 3. The second kappa shape index (κ2) is 41.0. The highest BCUT2D eigenvalue weighted by atomic mass is 16.6. The third-order valence-electron chi connectivity index (χ3n) is 10.4. The molecule has 0 amide bonds. The Morgan fingerprint density at radius 3 is 1.47 bits per heavy atom. The van der Waals surface area contributed by atoms with Gasteiger partial charge in [-0.2, -0.15) is 0 Å². The molecule has 0 aromatic carbocycles. The number of quaternary nitrogens is 1. The summed E-state index contributed by atoms with van der Waals surface area (Å²) in [6, 6.07) is -0.732. The Morgan fingerprint density at radius 2 is 0.966 bits per heavy atom. The molecule has 58 heavy (non-hydrogen) atoms. The highest BCUT2D eigenvalue weighted by Crippen LogP contribution is 2.14. The number of allylic oxidation sites excluding steroid dienone is 8. The minimum absolute atomic E-state index is 0.0279. The Morgan fingerprint density at radius 1 is 0.534 bits per heavy atom. The molecule has 0 rings (SSSR count). The average molecular weight is 816 g/mol.